The first-order valence-electron chi connectivity index (χ1n) is 10.1. The van der Waals surface area contributed by atoms with E-state index in [0.717, 1.165) is 12.8 Å². The van der Waals surface area contributed by atoms with Crippen LogP contribution in [0.5, 0.6) is 0 Å². The zero-order valence-electron chi connectivity index (χ0n) is 16.3. The lowest BCUT2D eigenvalue weighted by atomic mass is 9.77. The summed E-state index contributed by atoms with van der Waals surface area (Å²) in [4.78, 5) is 27.4. The summed E-state index contributed by atoms with van der Waals surface area (Å²) in [6.07, 6.45) is 5.33. The Kier molecular flexibility index (Phi) is 5.69. The highest BCUT2D eigenvalue weighted by Gasteiger charge is 2.47. The van der Waals surface area contributed by atoms with E-state index < -0.39 is 5.54 Å². The minimum Gasteiger partial charge on any atom is -0.351 e. The number of hydrogen-bond donors (Lipinski definition) is 1. The highest BCUT2D eigenvalue weighted by atomic mass is 16.2. The Labute approximate surface area is 157 Å². The second kappa shape index (κ2) is 7.81. The maximum absolute atomic E-state index is 13.1. The Balaban J connectivity index is 1.67. The fourth-order valence-electron chi connectivity index (χ4n) is 4.50. The van der Waals surface area contributed by atoms with Crippen LogP contribution in [0.4, 0.5) is 0 Å². The van der Waals surface area contributed by atoms with E-state index in [9.17, 15) is 9.59 Å². The minimum absolute atomic E-state index is 0.0300. The number of rotatable bonds is 5. The van der Waals surface area contributed by atoms with Gasteiger partial charge in [0.1, 0.15) is 5.54 Å². The Morgan fingerprint density at radius 1 is 1.23 bits per heavy atom. The fraction of sp³-hybridized carbons (Fsp3) is 0.636. The molecule has 4 unspecified atom stereocenters. The van der Waals surface area contributed by atoms with Crippen LogP contribution in [0.15, 0.2) is 30.3 Å². The summed E-state index contributed by atoms with van der Waals surface area (Å²) >= 11 is 0. The molecule has 4 heteroatoms. The van der Waals surface area contributed by atoms with Gasteiger partial charge in [0.25, 0.3) is 0 Å². The average Bonchev–Trinajstić information content (AvgIpc) is 2.93. The Hall–Kier alpha value is -1.84. The summed E-state index contributed by atoms with van der Waals surface area (Å²) < 4.78 is 0. The maximum atomic E-state index is 13.1. The molecule has 3 rings (SSSR count). The van der Waals surface area contributed by atoms with Crippen molar-refractivity contribution < 1.29 is 9.59 Å². The summed E-state index contributed by atoms with van der Waals surface area (Å²) in [6, 6.07) is 10.4. The zero-order valence-corrected chi connectivity index (χ0v) is 16.3. The van der Waals surface area contributed by atoms with Crippen LogP contribution in [0.3, 0.4) is 0 Å². The second-order valence-electron chi connectivity index (χ2n) is 8.40. The van der Waals surface area contributed by atoms with Gasteiger partial charge in [-0.05, 0) is 43.6 Å². The van der Waals surface area contributed by atoms with Crippen LogP contribution in [-0.4, -0.2) is 34.8 Å². The molecule has 1 aromatic rings. The molecule has 4 atom stereocenters. The Bertz CT molecular complexity index is 645. The van der Waals surface area contributed by atoms with E-state index in [1.165, 1.54) is 18.4 Å². The van der Waals surface area contributed by atoms with E-state index in [1.807, 2.05) is 30.0 Å². The van der Waals surface area contributed by atoms with Crippen molar-refractivity contribution in [1.29, 1.82) is 0 Å². The molecule has 1 saturated carbocycles. The average molecular weight is 357 g/mol. The van der Waals surface area contributed by atoms with Crippen molar-refractivity contribution in [3.8, 4) is 0 Å². The van der Waals surface area contributed by atoms with Crippen LogP contribution in [0, 0.1) is 11.8 Å². The molecule has 0 radical (unpaired) electrons. The predicted octanol–water partition coefficient (Wildman–Crippen LogP) is 3.55. The molecule has 0 bridgehead atoms. The monoisotopic (exact) mass is 356 g/mol. The van der Waals surface area contributed by atoms with Gasteiger partial charge in [0.05, 0.1) is 0 Å². The molecule has 1 aliphatic carbocycles. The molecule has 0 aromatic heterocycles. The van der Waals surface area contributed by atoms with Crippen molar-refractivity contribution in [2.75, 3.05) is 6.54 Å². The Morgan fingerprint density at radius 3 is 2.69 bits per heavy atom. The molecule has 1 aliphatic heterocycles. The molecule has 0 spiro atoms. The first kappa shape index (κ1) is 18.9. The normalized spacial score (nSPS) is 31.9. The number of hydrogen-bond acceptors (Lipinski definition) is 2. The molecule has 1 N–H and O–H groups in total. The van der Waals surface area contributed by atoms with Crippen LogP contribution in [-0.2, 0) is 16.0 Å². The highest BCUT2D eigenvalue weighted by Crippen LogP contribution is 2.33. The van der Waals surface area contributed by atoms with E-state index in [2.05, 4.69) is 31.3 Å². The van der Waals surface area contributed by atoms with Crippen LogP contribution < -0.4 is 5.32 Å². The topological polar surface area (TPSA) is 49.4 Å². The van der Waals surface area contributed by atoms with Gasteiger partial charge in [-0.2, -0.15) is 0 Å². The van der Waals surface area contributed by atoms with Crippen molar-refractivity contribution in [2.24, 2.45) is 11.8 Å². The third-order valence-corrected chi connectivity index (χ3v) is 6.70. The third-order valence-electron chi connectivity index (χ3n) is 6.70. The predicted molar refractivity (Wildman–Crippen MR) is 104 cm³/mol. The van der Waals surface area contributed by atoms with E-state index >= 15 is 0 Å². The summed E-state index contributed by atoms with van der Waals surface area (Å²) in [5, 5.41) is 3.30. The van der Waals surface area contributed by atoms with Crippen molar-refractivity contribution in [3.63, 3.8) is 0 Å². The van der Waals surface area contributed by atoms with Gasteiger partial charge in [0.2, 0.25) is 11.8 Å². The Morgan fingerprint density at radius 2 is 1.96 bits per heavy atom. The van der Waals surface area contributed by atoms with E-state index in [1.54, 1.807) is 0 Å². The quantitative estimate of drug-likeness (QED) is 0.877. The van der Waals surface area contributed by atoms with Crippen LogP contribution in [0.2, 0.25) is 0 Å². The van der Waals surface area contributed by atoms with Gasteiger partial charge in [-0.25, -0.2) is 0 Å². The second-order valence-corrected chi connectivity index (χ2v) is 8.40. The standard InChI is InChI=1S/C22H32N2O2/c1-16-8-7-11-19(17(16)2)23-21(26)22(3)14-12-20(25)24(22)15-13-18-9-5-4-6-10-18/h4-6,9-10,16-17,19H,7-8,11-15H2,1-3H3,(H,23,26). The maximum Gasteiger partial charge on any atom is 0.245 e. The van der Waals surface area contributed by atoms with Gasteiger partial charge in [0, 0.05) is 19.0 Å². The number of amides is 2. The van der Waals surface area contributed by atoms with Gasteiger partial charge in [-0.15, -0.1) is 0 Å². The van der Waals surface area contributed by atoms with E-state index in [0.29, 0.717) is 31.2 Å². The number of nitrogens with one attached hydrogen (secondary N) is 1. The SMILES string of the molecule is CC1CCCC(NC(=O)C2(C)CCC(=O)N2CCc2ccccc2)C1C. The molecule has 1 heterocycles. The van der Waals surface area contributed by atoms with Crippen LogP contribution >= 0.6 is 0 Å². The first-order chi connectivity index (χ1) is 12.4. The lowest BCUT2D eigenvalue weighted by Crippen LogP contribution is -2.58. The molecule has 2 fully saturated rings. The third kappa shape index (κ3) is 3.79. The molecule has 1 saturated heterocycles. The molecule has 2 aliphatic rings. The summed E-state index contributed by atoms with van der Waals surface area (Å²) in [6.45, 7) is 7.05. The first-order valence-corrected chi connectivity index (χ1v) is 10.1. The zero-order chi connectivity index (χ0) is 18.7. The molecule has 2 amide bonds. The molecule has 26 heavy (non-hydrogen) atoms. The summed E-state index contributed by atoms with van der Waals surface area (Å²) in [5.41, 5.74) is 0.483. The van der Waals surface area contributed by atoms with Gasteiger partial charge in [-0.1, -0.05) is 57.0 Å². The van der Waals surface area contributed by atoms with Crippen molar-refractivity contribution in [1.82, 2.24) is 10.2 Å². The summed E-state index contributed by atoms with van der Waals surface area (Å²) in [5.74, 6) is 1.26. The largest absolute Gasteiger partial charge is 0.351 e. The van der Waals surface area contributed by atoms with Crippen molar-refractivity contribution in [2.45, 2.75) is 70.9 Å². The van der Waals surface area contributed by atoms with Gasteiger partial charge in [-0.3, -0.25) is 9.59 Å². The smallest absolute Gasteiger partial charge is 0.245 e. The van der Waals surface area contributed by atoms with Crippen LogP contribution in [0.25, 0.3) is 0 Å². The molecule has 1 aromatic carbocycles. The number of carbonyl (C=O) groups is 2. The molecule has 4 nitrogen and oxygen atoms in total. The van der Waals surface area contributed by atoms with Gasteiger partial charge in [0.15, 0.2) is 0 Å². The number of nitrogens with zero attached hydrogens (tertiary/aromatic N) is 1. The lowest BCUT2D eigenvalue weighted by Gasteiger charge is -2.39. The van der Waals surface area contributed by atoms with Crippen LogP contribution in [0.1, 0.15) is 58.4 Å². The minimum atomic E-state index is -0.716. The van der Waals surface area contributed by atoms with E-state index in [-0.39, 0.29) is 17.9 Å². The van der Waals surface area contributed by atoms with Gasteiger partial charge < -0.3 is 10.2 Å². The summed E-state index contributed by atoms with van der Waals surface area (Å²) in [7, 11) is 0. The van der Waals surface area contributed by atoms with Crippen molar-refractivity contribution >= 4 is 11.8 Å². The fourth-order valence-corrected chi connectivity index (χ4v) is 4.50. The molecule has 142 valence electrons. The lowest BCUT2D eigenvalue weighted by molar-refractivity contribution is -0.141. The van der Waals surface area contributed by atoms with Crippen molar-refractivity contribution in [3.05, 3.63) is 35.9 Å². The molecular formula is C22H32N2O2. The van der Waals surface area contributed by atoms with E-state index in [4.69, 9.17) is 0 Å². The number of likely N-dealkylation sites (tertiary alicyclic amines) is 1. The molecular weight excluding hydrogens is 324 g/mol. The number of carbonyl (C=O) groups excluding carboxylic acids is 2. The van der Waals surface area contributed by atoms with Gasteiger partial charge >= 0.3 is 0 Å². The highest BCUT2D eigenvalue weighted by molar-refractivity contribution is 5.94. The number of benzene rings is 1.